The van der Waals surface area contributed by atoms with Crippen LogP contribution in [-0.2, 0) is 10.0 Å². The predicted octanol–water partition coefficient (Wildman–Crippen LogP) is 3.92. The maximum atomic E-state index is 12.4. The first kappa shape index (κ1) is 22.1. The molecule has 3 aromatic rings. The lowest BCUT2D eigenvalue weighted by Gasteiger charge is -2.09. The maximum Gasteiger partial charge on any atom is 0.271 e. The number of carbonyl (C=O) groups excluding carboxylic acids is 1. The van der Waals surface area contributed by atoms with Gasteiger partial charge in [-0.15, -0.1) is 0 Å². The smallest absolute Gasteiger partial charge is 0.271 e. The normalized spacial score (nSPS) is 11.3. The van der Waals surface area contributed by atoms with Crippen molar-refractivity contribution in [1.82, 2.24) is 5.43 Å². The quantitative estimate of drug-likeness (QED) is 0.287. The number of non-ortho nitro benzene ring substituents is 1. The van der Waals surface area contributed by atoms with Crippen LogP contribution in [0.4, 0.5) is 11.4 Å². The first-order valence-electron chi connectivity index (χ1n) is 8.71. The van der Waals surface area contributed by atoms with E-state index in [2.05, 4.69) is 31.2 Å². The SMILES string of the molecule is O=C(N/N=C\c1ccc([N+](=O)[O-])cc1)c1ccc(NS(=O)(=O)c2ccc(Br)cc2)cc1. The summed E-state index contributed by atoms with van der Waals surface area (Å²) < 4.78 is 28.0. The highest BCUT2D eigenvalue weighted by Crippen LogP contribution is 2.19. The van der Waals surface area contributed by atoms with Crippen molar-refractivity contribution in [3.05, 3.63) is 98.5 Å². The summed E-state index contributed by atoms with van der Waals surface area (Å²) in [7, 11) is -3.75. The highest BCUT2D eigenvalue weighted by molar-refractivity contribution is 9.10. The van der Waals surface area contributed by atoms with Gasteiger partial charge in [0.1, 0.15) is 0 Å². The Morgan fingerprint density at radius 1 is 0.968 bits per heavy atom. The Labute approximate surface area is 186 Å². The lowest BCUT2D eigenvalue weighted by Crippen LogP contribution is -2.18. The zero-order valence-electron chi connectivity index (χ0n) is 15.7. The molecule has 11 heteroatoms. The van der Waals surface area contributed by atoms with Crippen LogP contribution in [0.3, 0.4) is 0 Å². The second-order valence-corrected chi connectivity index (χ2v) is 8.78. The van der Waals surface area contributed by atoms with Crippen molar-refractivity contribution >= 4 is 49.4 Å². The number of halogens is 1. The summed E-state index contributed by atoms with van der Waals surface area (Å²) in [5.41, 5.74) is 3.44. The summed E-state index contributed by atoms with van der Waals surface area (Å²) in [4.78, 5) is 22.4. The average molecular weight is 503 g/mol. The number of amides is 1. The molecule has 1 amide bonds. The molecule has 0 aliphatic carbocycles. The van der Waals surface area contributed by atoms with E-state index in [9.17, 15) is 23.3 Å². The number of benzene rings is 3. The summed E-state index contributed by atoms with van der Waals surface area (Å²) in [5.74, 6) is -0.500. The summed E-state index contributed by atoms with van der Waals surface area (Å²) in [6.07, 6.45) is 1.35. The minimum absolute atomic E-state index is 0.0444. The minimum atomic E-state index is -3.75. The number of nitrogens with one attached hydrogen (secondary N) is 2. The van der Waals surface area contributed by atoms with Gasteiger partial charge >= 0.3 is 0 Å². The number of nitro groups is 1. The molecular formula is C20H15BrN4O5S. The largest absolute Gasteiger partial charge is 0.280 e. The third-order valence-electron chi connectivity index (χ3n) is 4.01. The highest BCUT2D eigenvalue weighted by Gasteiger charge is 2.14. The molecule has 0 aromatic heterocycles. The van der Waals surface area contributed by atoms with Crippen LogP contribution in [0.2, 0.25) is 0 Å². The van der Waals surface area contributed by atoms with E-state index in [-0.39, 0.29) is 16.1 Å². The number of carbonyl (C=O) groups is 1. The van der Waals surface area contributed by atoms with Gasteiger partial charge in [-0.25, -0.2) is 13.8 Å². The molecule has 0 spiro atoms. The molecule has 0 saturated carbocycles. The standard InChI is InChI=1S/C20H15BrN4O5S/c21-16-5-11-19(12-6-16)31(29,30)24-17-7-3-15(4-8-17)20(26)23-22-13-14-1-9-18(10-2-14)25(27)28/h1-13,24H,(H,23,26)/b22-13-. The first-order chi connectivity index (χ1) is 14.7. The zero-order chi connectivity index (χ0) is 22.4. The van der Waals surface area contributed by atoms with Gasteiger partial charge in [-0.1, -0.05) is 15.9 Å². The van der Waals surface area contributed by atoms with E-state index in [1.807, 2.05) is 0 Å². The van der Waals surface area contributed by atoms with Gasteiger partial charge in [-0.3, -0.25) is 19.6 Å². The van der Waals surface area contributed by atoms with Gasteiger partial charge in [0.15, 0.2) is 0 Å². The van der Waals surface area contributed by atoms with Crippen LogP contribution in [0.15, 0.2) is 87.3 Å². The Morgan fingerprint density at radius 3 is 2.16 bits per heavy atom. The van der Waals surface area contributed by atoms with Crippen molar-refractivity contribution in [3.63, 3.8) is 0 Å². The number of hydrazone groups is 1. The number of rotatable bonds is 7. The Bertz CT molecular complexity index is 1230. The van der Waals surface area contributed by atoms with Gasteiger partial charge in [0.2, 0.25) is 0 Å². The fourth-order valence-corrected chi connectivity index (χ4v) is 3.75. The predicted molar refractivity (Wildman–Crippen MR) is 120 cm³/mol. The van der Waals surface area contributed by atoms with E-state index in [1.54, 1.807) is 12.1 Å². The molecule has 9 nitrogen and oxygen atoms in total. The zero-order valence-corrected chi connectivity index (χ0v) is 18.1. The van der Waals surface area contributed by atoms with Gasteiger partial charge in [-0.2, -0.15) is 5.10 Å². The fourth-order valence-electron chi connectivity index (χ4n) is 2.43. The van der Waals surface area contributed by atoms with Crippen LogP contribution in [-0.4, -0.2) is 25.5 Å². The molecule has 0 atom stereocenters. The third-order valence-corrected chi connectivity index (χ3v) is 5.93. The molecule has 0 radical (unpaired) electrons. The van der Waals surface area contributed by atoms with Crippen molar-refractivity contribution < 1.29 is 18.1 Å². The molecule has 3 rings (SSSR count). The van der Waals surface area contributed by atoms with Gasteiger partial charge in [-0.05, 0) is 66.2 Å². The van der Waals surface area contributed by atoms with Crippen LogP contribution in [0.5, 0.6) is 0 Å². The lowest BCUT2D eigenvalue weighted by atomic mass is 10.2. The average Bonchev–Trinajstić information content (AvgIpc) is 2.74. The monoisotopic (exact) mass is 502 g/mol. The van der Waals surface area contributed by atoms with Crippen LogP contribution in [0.25, 0.3) is 0 Å². The second kappa shape index (κ2) is 9.49. The molecule has 0 unspecified atom stereocenters. The van der Waals surface area contributed by atoms with Gasteiger partial charge < -0.3 is 0 Å². The molecule has 0 aliphatic heterocycles. The van der Waals surface area contributed by atoms with E-state index in [4.69, 9.17) is 0 Å². The molecule has 0 aliphatic rings. The van der Waals surface area contributed by atoms with E-state index in [0.29, 0.717) is 11.3 Å². The molecule has 158 valence electrons. The first-order valence-corrected chi connectivity index (χ1v) is 11.0. The minimum Gasteiger partial charge on any atom is -0.280 e. The summed E-state index contributed by atoms with van der Waals surface area (Å²) in [6, 6.07) is 17.7. The summed E-state index contributed by atoms with van der Waals surface area (Å²) in [5, 5.41) is 14.4. The molecule has 0 saturated heterocycles. The van der Waals surface area contributed by atoms with Gasteiger partial charge in [0.25, 0.3) is 21.6 Å². The van der Waals surface area contributed by atoms with Crippen molar-refractivity contribution in [1.29, 1.82) is 0 Å². The summed E-state index contributed by atoms with van der Waals surface area (Å²) in [6.45, 7) is 0. The second-order valence-electron chi connectivity index (χ2n) is 6.18. The van der Waals surface area contributed by atoms with Gasteiger partial charge in [0, 0.05) is 27.9 Å². The number of anilines is 1. The number of hydrogen-bond donors (Lipinski definition) is 2. The number of hydrogen-bond acceptors (Lipinski definition) is 6. The molecule has 0 fully saturated rings. The van der Waals surface area contributed by atoms with Crippen LogP contribution in [0, 0.1) is 10.1 Å². The topological polar surface area (TPSA) is 131 Å². The Kier molecular flexibility index (Phi) is 6.78. The van der Waals surface area contributed by atoms with Crippen molar-refractivity contribution in [2.75, 3.05) is 4.72 Å². The van der Waals surface area contributed by atoms with E-state index in [1.165, 1.54) is 66.9 Å². The Morgan fingerprint density at radius 2 is 1.58 bits per heavy atom. The number of nitrogens with zero attached hydrogens (tertiary/aromatic N) is 2. The van der Waals surface area contributed by atoms with E-state index in [0.717, 1.165) is 4.47 Å². The Hall–Kier alpha value is -3.57. The van der Waals surface area contributed by atoms with E-state index < -0.39 is 20.9 Å². The molecular weight excluding hydrogens is 488 g/mol. The third kappa shape index (κ3) is 5.96. The fraction of sp³-hybridized carbons (Fsp3) is 0. The Balaban J connectivity index is 1.60. The maximum absolute atomic E-state index is 12.4. The van der Waals surface area contributed by atoms with Crippen molar-refractivity contribution in [3.8, 4) is 0 Å². The molecule has 2 N–H and O–H groups in total. The number of sulfonamides is 1. The van der Waals surface area contributed by atoms with Gasteiger partial charge in [0.05, 0.1) is 16.0 Å². The summed E-state index contributed by atoms with van der Waals surface area (Å²) >= 11 is 3.25. The van der Waals surface area contributed by atoms with Crippen LogP contribution in [0.1, 0.15) is 15.9 Å². The molecule has 31 heavy (non-hydrogen) atoms. The molecule has 0 heterocycles. The lowest BCUT2D eigenvalue weighted by molar-refractivity contribution is -0.384. The van der Waals surface area contributed by atoms with Crippen LogP contribution >= 0.6 is 15.9 Å². The van der Waals surface area contributed by atoms with Crippen molar-refractivity contribution in [2.24, 2.45) is 5.10 Å². The number of nitro benzene ring substituents is 1. The van der Waals surface area contributed by atoms with E-state index >= 15 is 0 Å². The van der Waals surface area contributed by atoms with Crippen molar-refractivity contribution in [2.45, 2.75) is 4.90 Å². The van der Waals surface area contributed by atoms with Crippen LogP contribution < -0.4 is 10.1 Å². The molecule has 0 bridgehead atoms. The molecule has 3 aromatic carbocycles. The highest BCUT2D eigenvalue weighted by atomic mass is 79.9.